The van der Waals surface area contributed by atoms with Gasteiger partial charge in [0.25, 0.3) is 5.91 Å². The summed E-state index contributed by atoms with van der Waals surface area (Å²) in [5.74, 6) is -0.801. The highest BCUT2D eigenvalue weighted by Gasteiger charge is 2.59. The molecule has 1 aliphatic rings. The summed E-state index contributed by atoms with van der Waals surface area (Å²) in [5, 5.41) is 4.95. The van der Waals surface area contributed by atoms with Gasteiger partial charge in [0.15, 0.2) is 16.2 Å². The molecule has 0 aliphatic heterocycles. The number of hydrogen-bond acceptors (Lipinski definition) is 8. The first-order valence-electron chi connectivity index (χ1n) is 14.7. The molecule has 0 radical (unpaired) electrons. The van der Waals surface area contributed by atoms with Crippen LogP contribution in [-0.2, 0) is 15.0 Å². The highest BCUT2D eigenvalue weighted by Crippen LogP contribution is 2.48. The lowest BCUT2D eigenvalue weighted by atomic mass is 9.90. The van der Waals surface area contributed by atoms with Gasteiger partial charge in [-0.2, -0.15) is 13.2 Å². The van der Waals surface area contributed by atoms with Crippen LogP contribution in [0.3, 0.4) is 0 Å². The van der Waals surface area contributed by atoms with Crippen molar-refractivity contribution in [2.24, 2.45) is 0 Å². The number of aromatic nitrogens is 1. The van der Waals surface area contributed by atoms with E-state index in [0.29, 0.717) is 5.75 Å². The number of carbonyl (C=O) groups is 2. The van der Waals surface area contributed by atoms with E-state index in [9.17, 15) is 18.5 Å². The van der Waals surface area contributed by atoms with Gasteiger partial charge in [-0.3, -0.25) is 9.78 Å². The van der Waals surface area contributed by atoms with Gasteiger partial charge in [-0.25, -0.2) is 9.18 Å². The van der Waals surface area contributed by atoms with E-state index in [1.165, 1.54) is 43.5 Å². The van der Waals surface area contributed by atoms with Gasteiger partial charge in [0.05, 0.1) is 30.1 Å². The molecule has 0 saturated heterocycles. The SMILES string of the molecule is COc1cc(C(=O)NCC(SO)(c2cc(C(C)(C)NC(=O)OC(C)(C)C)cc(-c3ccc(F)cc3)n2)C(F)(F)F)ccc1OC1CC1. The van der Waals surface area contributed by atoms with E-state index in [0.717, 1.165) is 31.0 Å². The fourth-order valence-electron chi connectivity index (χ4n) is 4.54. The summed E-state index contributed by atoms with van der Waals surface area (Å²) in [4.78, 5) is 30.1. The quantitative estimate of drug-likeness (QED) is 0.140. The number of nitrogens with zero attached hydrogens (tertiary/aromatic N) is 1. The molecule has 1 saturated carbocycles. The minimum Gasteiger partial charge on any atom is -0.493 e. The maximum Gasteiger partial charge on any atom is 0.412 e. The highest BCUT2D eigenvalue weighted by atomic mass is 32.2. The smallest absolute Gasteiger partial charge is 0.412 e. The van der Waals surface area contributed by atoms with Crippen LogP contribution in [0.5, 0.6) is 11.5 Å². The zero-order valence-corrected chi connectivity index (χ0v) is 27.6. The van der Waals surface area contributed by atoms with E-state index in [2.05, 4.69) is 15.6 Å². The van der Waals surface area contributed by atoms with Gasteiger partial charge in [-0.1, -0.05) is 0 Å². The topological polar surface area (TPSA) is 119 Å². The van der Waals surface area contributed by atoms with Gasteiger partial charge in [0.1, 0.15) is 11.4 Å². The second-order valence-electron chi connectivity index (χ2n) is 12.7. The number of amides is 2. The second-order valence-corrected chi connectivity index (χ2v) is 13.5. The molecule has 3 N–H and O–H groups in total. The maximum atomic E-state index is 15.1. The molecule has 9 nitrogen and oxygen atoms in total. The molecule has 3 aromatic rings. The summed E-state index contributed by atoms with van der Waals surface area (Å²) in [5.41, 5.74) is -2.41. The summed E-state index contributed by atoms with van der Waals surface area (Å²) >= 11 is -0.533. The molecule has 4 rings (SSSR count). The monoisotopic (exact) mass is 679 g/mol. The zero-order chi connectivity index (χ0) is 34.8. The molecule has 254 valence electrons. The Balaban J connectivity index is 1.75. The molecule has 1 atom stereocenters. The number of halogens is 4. The first-order chi connectivity index (χ1) is 21.9. The number of rotatable bonds is 11. The molecule has 1 unspecified atom stereocenters. The van der Waals surface area contributed by atoms with Crippen LogP contribution < -0.4 is 20.1 Å². The van der Waals surface area contributed by atoms with E-state index >= 15 is 13.2 Å². The minimum absolute atomic E-state index is 0.000386. The standard InChI is InChI=1S/C33H37F4N3O6S/c1-30(2,3)46-29(42)40-31(4,5)21-16-24(19-7-10-22(34)11-8-19)39-27(17-21)32(47-43,33(35,36)37)18-38-28(41)20-9-14-25(26(15-20)44-6)45-23-12-13-23/h7-11,14-17,23,43H,12-13,18H2,1-6H3,(H,38,41)(H,40,42). The number of carbonyl (C=O) groups excluding carboxylic acids is 2. The number of nitrogens with one attached hydrogen (secondary N) is 2. The molecule has 1 aromatic heterocycles. The lowest BCUT2D eigenvalue weighted by molar-refractivity contribution is -0.162. The first-order valence-corrected chi connectivity index (χ1v) is 15.5. The van der Waals surface area contributed by atoms with Crippen molar-refractivity contribution in [2.75, 3.05) is 13.7 Å². The third-order valence-electron chi connectivity index (χ3n) is 7.27. The fraction of sp³-hybridized carbons (Fsp3) is 0.424. The minimum atomic E-state index is -5.16. The number of hydrogen-bond donors (Lipinski definition) is 3. The van der Waals surface area contributed by atoms with Crippen molar-refractivity contribution >= 4 is 24.0 Å². The number of pyridine rings is 1. The van der Waals surface area contributed by atoms with Crippen molar-refractivity contribution in [1.29, 1.82) is 0 Å². The van der Waals surface area contributed by atoms with Gasteiger partial charge in [-0.15, -0.1) is 0 Å². The Labute approximate surface area is 274 Å². The van der Waals surface area contributed by atoms with Crippen molar-refractivity contribution in [3.05, 3.63) is 77.2 Å². The summed E-state index contributed by atoms with van der Waals surface area (Å²) < 4.78 is 82.6. The molecule has 1 aliphatic carbocycles. The molecular formula is C33H37F4N3O6S. The van der Waals surface area contributed by atoms with Crippen molar-refractivity contribution < 1.29 is 45.9 Å². The van der Waals surface area contributed by atoms with Gasteiger partial charge in [0.2, 0.25) is 0 Å². The Morgan fingerprint density at radius 2 is 1.64 bits per heavy atom. The number of ether oxygens (including phenoxy) is 3. The van der Waals surface area contributed by atoms with Crippen molar-refractivity contribution in [3.8, 4) is 22.8 Å². The van der Waals surface area contributed by atoms with Gasteiger partial charge >= 0.3 is 12.3 Å². The van der Waals surface area contributed by atoms with Crippen molar-refractivity contribution in [3.63, 3.8) is 0 Å². The Bertz CT molecular complexity index is 1610. The van der Waals surface area contributed by atoms with E-state index in [4.69, 9.17) is 14.2 Å². The molecule has 2 amide bonds. The molecule has 2 aromatic carbocycles. The Morgan fingerprint density at radius 1 is 0.979 bits per heavy atom. The van der Waals surface area contributed by atoms with Crippen LogP contribution in [0.15, 0.2) is 54.6 Å². The van der Waals surface area contributed by atoms with Crippen molar-refractivity contribution in [1.82, 2.24) is 15.6 Å². The normalized spacial score (nSPS) is 15.0. The molecule has 0 bridgehead atoms. The lowest BCUT2D eigenvalue weighted by Gasteiger charge is -2.35. The predicted octanol–water partition coefficient (Wildman–Crippen LogP) is 7.59. The molecule has 14 heteroatoms. The largest absolute Gasteiger partial charge is 0.493 e. The summed E-state index contributed by atoms with van der Waals surface area (Å²) in [6.07, 6.45) is -4.16. The fourth-order valence-corrected chi connectivity index (χ4v) is 4.98. The molecule has 47 heavy (non-hydrogen) atoms. The van der Waals surface area contributed by atoms with Crippen LogP contribution in [0, 0.1) is 5.82 Å². The molecule has 1 heterocycles. The first kappa shape index (κ1) is 35.8. The van der Waals surface area contributed by atoms with Gasteiger partial charge < -0.3 is 29.4 Å². The van der Waals surface area contributed by atoms with E-state index in [1.807, 2.05) is 0 Å². The van der Waals surface area contributed by atoms with Crippen LogP contribution in [-0.4, -0.2) is 53.1 Å². The Hall–Kier alpha value is -4.04. The maximum absolute atomic E-state index is 15.1. The number of benzene rings is 2. The summed E-state index contributed by atoms with van der Waals surface area (Å²) in [6, 6.07) is 11.7. The average Bonchev–Trinajstić information content (AvgIpc) is 3.80. The van der Waals surface area contributed by atoms with Gasteiger partial charge in [-0.05, 0) is 108 Å². The number of methoxy groups -OCH3 is 1. The summed E-state index contributed by atoms with van der Waals surface area (Å²) in [6.45, 7) is 6.96. The van der Waals surface area contributed by atoms with Crippen LogP contribution in [0.25, 0.3) is 11.3 Å². The lowest BCUT2D eigenvalue weighted by Crippen LogP contribution is -2.49. The number of alkyl halides is 3. The van der Waals surface area contributed by atoms with Crippen molar-refractivity contribution in [2.45, 2.75) is 75.6 Å². The van der Waals surface area contributed by atoms with Crippen LogP contribution in [0.1, 0.15) is 69.1 Å². The van der Waals surface area contributed by atoms with E-state index < -0.39 is 64.2 Å². The molecular weight excluding hydrogens is 642 g/mol. The third-order valence-corrected chi connectivity index (χ3v) is 8.17. The second kappa shape index (κ2) is 13.6. The highest BCUT2D eigenvalue weighted by molar-refractivity contribution is 7.94. The number of alkyl carbamates (subject to hydrolysis) is 1. The molecule has 0 spiro atoms. The van der Waals surface area contributed by atoms with E-state index in [1.54, 1.807) is 34.6 Å². The average molecular weight is 680 g/mol. The van der Waals surface area contributed by atoms with Crippen LogP contribution >= 0.6 is 12.0 Å². The van der Waals surface area contributed by atoms with Gasteiger partial charge in [0, 0.05) is 29.7 Å². The van der Waals surface area contributed by atoms with Crippen LogP contribution in [0.2, 0.25) is 0 Å². The Kier molecular flexibility index (Phi) is 10.4. The zero-order valence-electron chi connectivity index (χ0n) is 26.8. The Morgan fingerprint density at radius 3 is 2.19 bits per heavy atom. The van der Waals surface area contributed by atoms with E-state index in [-0.39, 0.29) is 34.2 Å². The summed E-state index contributed by atoms with van der Waals surface area (Å²) in [7, 11) is 1.38. The predicted molar refractivity (Wildman–Crippen MR) is 169 cm³/mol. The molecule has 1 fully saturated rings. The van der Waals surface area contributed by atoms with Crippen LogP contribution in [0.4, 0.5) is 22.4 Å². The third kappa shape index (κ3) is 8.66.